The number of hydrogen-bond donors (Lipinski definition) is 1. The molecule has 0 aromatic carbocycles. The Hall–Kier alpha value is -0.943. The SMILES string of the molecule is CC(C)(C)[Si](C)(C)OCc1c[nH]c(CC=O)n1. The van der Waals surface area contributed by atoms with Gasteiger partial charge in [-0.05, 0) is 18.1 Å². The van der Waals surface area contributed by atoms with Gasteiger partial charge in [0.25, 0.3) is 0 Å². The van der Waals surface area contributed by atoms with E-state index >= 15 is 0 Å². The molecule has 0 saturated carbocycles. The number of aromatic nitrogens is 2. The van der Waals surface area contributed by atoms with E-state index in [1.165, 1.54) is 0 Å². The molecule has 0 radical (unpaired) electrons. The molecular weight excluding hydrogens is 232 g/mol. The van der Waals surface area contributed by atoms with Gasteiger partial charge in [-0.1, -0.05) is 20.8 Å². The first kappa shape index (κ1) is 14.1. The molecule has 96 valence electrons. The van der Waals surface area contributed by atoms with Crippen molar-refractivity contribution in [3.63, 3.8) is 0 Å². The fourth-order valence-corrected chi connectivity index (χ4v) is 2.07. The lowest BCUT2D eigenvalue weighted by Gasteiger charge is -2.35. The van der Waals surface area contributed by atoms with E-state index in [4.69, 9.17) is 4.43 Å². The summed E-state index contributed by atoms with van der Waals surface area (Å²) in [5.74, 6) is 0.703. The molecule has 0 spiro atoms. The van der Waals surface area contributed by atoms with Gasteiger partial charge < -0.3 is 14.2 Å². The number of carbonyl (C=O) groups excluding carboxylic acids is 1. The zero-order chi connectivity index (χ0) is 13.1. The summed E-state index contributed by atoms with van der Waals surface area (Å²) in [6.07, 6.45) is 2.99. The molecule has 1 rings (SSSR count). The standard InChI is InChI=1S/C12H22N2O2Si/c1-12(2,3)17(4,5)16-9-10-8-13-11(14-10)6-7-15/h7-8H,6,9H2,1-5H3,(H,13,14). The van der Waals surface area contributed by atoms with Gasteiger partial charge in [-0.2, -0.15) is 0 Å². The molecule has 4 nitrogen and oxygen atoms in total. The van der Waals surface area contributed by atoms with Crippen LogP contribution in [-0.2, 0) is 22.2 Å². The van der Waals surface area contributed by atoms with Gasteiger partial charge in [0.15, 0.2) is 8.32 Å². The molecule has 0 aliphatic rings. The average molecular weight is 254 g/mol. The van der Waals surface area contributed by atoms with Gasteiger partial charge in [-0.25, -0.2) is 4.98 Å². The van der Waals surface area contributed by atoms with Crippen LogP contribution in [-0.4, -0.2) is 24.6 Å². The summed E-state index contributed by atoms with van der Waals surface area (Å²) in [6.45, 7) is 11.6. The second-order valence-corrected chi connectivity index (χ2v) is 10.6. The lowest BCUT2D eigenvalue weighted by atomic mass is 10.2. The quantitative estimate of drug-likeness (QED) is 0.649. The highest BCUT2D eigenvalue weighted by atomic mass is 28.4. The van der Waals surface area contributed by atoms with Crippen LogP contribution in [0, 0.1) is 0 Å². The Labute approximate surface area is 104 Å². The van der Waals surface area contributed by atoms with E-state index in [0.717, 1.165) is 12.0 Å². The van der Waals surface area contributed by atoms with Crippen molar-refractivity contribution < 1.29 is 9.22 Å². The van der Waals surface area contributed by atoms with Crippen LogP contribution in [0.1, 0.15) is 32.3 Å². The summed E-state index contributed by atoms with van der Waals surface area (Å²) in [5, 5.41) is 0.203. The molecule has 5 heteroatoms. The van der Waals surface area contributed by atoms with Crippen LogP contribution in [0.4, 0.5) is 0 Å². The molecule has 1 N–H and O–H groups in total. The fraction of sp³-hybridized carbons (Fsp3) is 0.667. The Morgan fingerprint density at radius 1 is 1.47 bits per heavy atom. The molecule has 0 saturated heterocycles. The largest absolute Gasteiger partial charge is 0.411 e. The molecule has 1 heterocycles. The second-order valence-electron chi connectivity index (χ2n) is 5.76. The molecule has 1 aromatic heterocycles. The smallest absolute Gasteiger partial charge is 0.192 e. The van der Waals surface area contributed by atoms with E-state index in [1.807, 2.05) is 6.20 Å². The first-order valence-electron chi connectivity index (χ1n) is 5.87. The summed E-state index contributed by atoms with van der Waals surface area (Å²) in [4.78, 5) is 17.6. The summed E-state index contributed by atoms with van der Waals surface area (Å²) < 4.78 is 6.04. The molecule has 0 fully saturated rings. The molecule has 1 aromatic rings. The molecule has 17 heavy (non-hydrogen) atoms. The number of carbonyl (C=O) groups is 1. The highest BCUT2D eigenvalue weighted by Gasteiger charge is 2.37. The van der Waals surface area contributed by atoms with E-state index in [2.05, 4.69) is 43.8 Å². The molecule has 0 amide bonds. The topological polar surface area (TPSA) is 55.0 Å². The van der Waals surface area contributed by atoms with Crippen molar-refractivity contribution in [1.82, 2.24) is 9.97 Å². The predicted molar refractivity (Wildman–Crippen MR) is 70.3 cm³/mol. The van der Waals surface area contributed by atoms with Crippen molar-refractivity contribution in [3.05, 3.63) is 17.7 Å². The number of hydrogen-bond acceptors (Lipinski definition) is 3. The van der Waals surface area contributed by atoms with E-state index in [1.54, 1.807) is 0 Å². The third kappa shape index (κ3) is 3.78. The van der Waals surface area contributed by atoms with E-state index < -0.39 is 8.32 Å². The van der Waals surface area contributed by atoms with Crippen molar-refractivity contribution in [2.24, 2.45) is 0 Å². The molecule has 0 aliphatic heterocycles. The van der Waals surface area contributed by atoms with E-state index in [9.17, 15) is 4.79 Å². The Balaban J connectivity index is 2.58. The predicted octanol–water partition coefficient (Wildman–Crippen LogP) is 2.67. The summed E-state index contributed by atoms with van der Waals surface area (Å²) in [7, 11) is -1.72. The second kappa shape index (κ2) is 5.14. The zero-order valence-electron chi connectivity index (χ0n) is 11.3. The average Bonchev–Trinajstić information content (AvgIpc) is 2.62. The Morgan fingerprint density at radius 3 is 2.65 bits per heavy atom. The fourth-order valence-electron chi connectivity index (χ4n) is 1.13. The number of H-pyrrole nitrogens is 1. The van der Waals surface area contributed by atoms with Crippen LogP contribution in [0.15, 0.2) is 6.20 Å². The van der Waals surface area contributed by atoms with Crippen LogP contribution in [0.25, 0.3) is 0 Å². The lowest BCUT2D eigenvalue weighted by Crippen LogP contribution is -2.40. The molecule has 0 unspecified atom stereocenters. The first-order valence-corrected chi connectivity index (χ1v) is 8.78. The number of nitrogens with zero attached hydrogens (tertiary/aromatic N) is 1. The van der Waals surface area contributed by atoms with Gasteiger partial charge in [-0.3, -0.25) is 0 Å². The maximum absolute atomic E-state index is 10.3. The summed E-state index contributed by atoms with van der Waals surface area (Å²) >= 11 is 0. The van der Waals surface area contributed by atoms with Crippen molar-refractivity contribution in [2.45, 2.75) is 51.9 Å². The maximum Gasteiger partial charge on any atom is 0.192 e. The molecule has 0 atom stereocenters. The number of aromatic amines is 1. The summed E-state index contributed by atoms with van der Waals surface area (Å²) in [5.41, 5.74) is 0.867. The monoisotopic (exact) mass is 254 g/mol. The Morgan fingerprint density at radius 2 is 2.12 bits per heavy atom. The summed E-state index contributed by atoms with van der Waals surface area (Å²) in [6, 6.07) is 0. The number of imidazole rings is 1. The Kier molecular flexibility index (Phi) is 4.27. The lowest BCUT2D eigenvalue weighted by molar-refractivity contribution is -0.107. The first-order chi connectivity index (χ1) is 7.76. The van der Waals surface area contributed by atoms with Crippen LogP contribution < -0.4 is 0 Å². The van der Waals surface area contributed by atoms with Gasteiger partial charge in [0, 0.05) is 6.20 Å². The number of nitrogens with one attached hydrogen (secondary N) is 1. The van der Waals surface area contributed by atoms with E-state index in [0.29, 0.717) is 18.9 Å². The van der Waals surface area contributed by atoms with Crippen LogP contribution in [0.2, 0.25) is 18.1 Å². The normalized spacial score (nSPS) is 12.8. The third-order valence-electron chi connectivity index (χ3n) is 3.35. The van der Waals surface area contributed by atoms with Crippen LogP contribution in [0.5, 0.6) is 0 Å². The highest BCUT2D eigenvalue weighted by Crippen LogP contribution is 2.36. The van der Waals surface area contributed by atoms with Gasteiger partial charge >= 0.3 is 0 Å². The van der Waals surface area contributed by atoms with Crippen molar-refractivity contribution in [1.29, 1.82) is 0 Å². The van der Waals surface area contributed by atoms with Gasteiger partial charge in [0.2, 0.25) is 0 Å². The van der Waals surface area contributed by atoms with Crippen LogP contribution in [0.3, 0.4) is 0 Å². The van der Waals surface area contributed by atoms with Crippen molar-refractivity contribution in [2.75, 3.05) is 0 Å². The minimum atomic E-state index is -1.72. The van der Waals surface area contributed by atoms with Crippen molar-refractivity contribution in [3.8, 4) is 0 Å². The molecule has 0 bridgehead atoms. The number of rotatable bonds is 5. The molecular formula is C12H22N2O2Si. The third-order valence-corrected chi connectivity index (χ3v) is 7.83. The van der Waals surface area contributed by atoms with E-state index in [-0.39, 0.29) is 5.04 Å². The highest BCUT2D eigenvalue weighted by molar-refractivity contribution is 6.74. The van der Waals surface area contributed by atoms with Gasteiger partial charge in [-0.15, -0.1) is 0 Å². The van der Waals surface area contributed by atoms with Gasteiger partial charge in [0.1, 0.15) is 12.1 Å². The molecule has 0 aliphatic carbocycles. The Bertz CT molecular complexity index is 380. The number of aldehydes is 1. The van der Waals surface area contributed by atoms with Crippen molar-refractivity contribution >= 4 is 14.6 Å². The zero-order valence-corrected chi connectivity index (χ0v) is 12.3. The minimum absolute atomic E-state index is 0.203. The minimum Gasteiger partial charge on any atom is -0.411 e. The van der Waals surface area contributed by atoms with Gasteiger partial charge in [0.05, 0.1) is 18.7 Å². The maximum atomic E-state index is 10.3. The van der Waals surface area contributed by atoms with Crippen LogP contribution >= 0.6 is 0 Å².